The second-order valence-electron chi connectivity index (χ2n) is 12.2. The van der Waals surface area contributed by atoms with Gasteiger partial charge in [-0.3, -0.25) is 4.79 Å². The van der Waals surface area contributed by atoms with Crippen molar-refractivity contribution >= 4 is 28.5 Å². The van der Waals surface area contributed by atoms with Gasteiger partial charge >= 0.3 is 0 Å². The first-order valence-electron chi connectivity index (χ1n) is 16.4. The van der Waals surface area contributed by atoms with E-state index in [-0.39, 0.29) is 24.1 Å². The maximum atomic E-state index is 14.0. The lowest BCUT2D eigenvalue weighted by Gasteiger charge is -2.25. The molecule has 0 bridgehead atoms. The molecule has 1 saturated carbocycles. The van der Waals surface area contributed by atoms with Crippen molar-refractivity contribution in [2.45, 2.75) is 51.2 Å². The largest absolute Gasteiger partial charge is 0.489 e. The van der Waals surface area contributed by atoms with Gasteiger partial charge in [0.05, 0.1) is 16.1 Å². The number of nitrogens with one attached hydrogen (secondary N) is 2. The normalized spacial score (nSPS) is 13.5. The number of tetrazole rings is 1. The molecule has 12 heteroatoms. The van der Waals surface area contributed by atoms with Crippen LogP contribution in [-0.2, 0) is 6.61 Å². The first-order valence-corrected chi connectivity index (χ1v) is 16.8. The van der Waals surface area contributed by atoms with E-state index in [0.29, 0.717) is 41.7 Å². The number of fused-ring (bicyclic) bond motifs is 1. The minimum atomic E-state index is -0.507. The van der Waals surface area contributed by atoms with Crippen LogP contribution in [0.4, 0.5) is 4.39 Å². The summed E-state index contributed by atoms with van der Waals surface area (Å²) in [5, 5.41) is 26.4. The van der Waals surface area contributed by atoms with Crippen LogP contribution in [0.3, 0.4) is 0 Å². The highest BCUT2D eigenvalue weighted by Crippen LogP contribution is 2.37. The summed E-state index contributed by atoms with van der Waals surface area (Å²) in [5.74, 6) is 1.30. The van der Waals surface area contributed by atoms with E-state index in [1.807, 2.05) is 42.5 Å². The van der Waals surface area contributed by atoms with Crippen LogP contribution in [0.5, 0.6) is 5.75 Å². The molecule has 4 aromatic carbocycles. The maximum absolute atomic E-state index is 14.0. The molecular formula is C37H35ClFN7O3. The Morgan fingerprint density at radius 2 is 1.78 bits per heavy atom. The molecule has 0 radical (unpaired) electrons. The van der Waals surface area contributed by atoms with E-state index in [9.17, 15) is 9.18 Å². The molecule has 250 valence electrons. The first kappa shape index (κ1) is 32.4. The molecule has 0 saturated heterocycles. The second-order valence-corrected chi connectivity index (χ2v) is 12.6. The number of H-pyrrole nitrogens is 1. The van der Waals surface area contributed by atoms with Gasteiger partial charge in [-0.25, -0.2) is 9.37 Å². The summed E-state index contributed by atoms with van der Waals surface area (Å²) in [6.07, 6.45) is 6.30. The van der Waals surface area contributed by atoms with Gasteiger partial charge in [-0.05, 0) is 108 Å². The minimum absolute atomic E-state index is 0.0102. The van der Waals surface area contributed by atoms with Gasteiger partial charge in [0.15, 0.2) is 0 Å². The monoisotopic (exact) mass is 679 g/mol. The van der Waals surface area contributed by atoms with E-state index < -0.39 is 5.82 Å². The number of amides is 1. The van der Waals surface area contributed by atoms with E-state index in [0.717, 1.165) is 52.0 Å². The van der Waals surface area contributed by atoms with Crippen molar-refractivity contribution in [1.82, 2.24) is 35.5 Å². The Labute approximate surface area is 287 Å². The predicted octanol–water partition coefficient (Wildman–Crippen LogP) is 7.54. The Morgan fingerprint density at radius 3 is 2.53 bits per heavy atom. The summed E-state index contributed by atoms with van der Waals surface area (Å²) in [5.41, 5.74) is 6.42. The van der Waals surface area contributed by atoms with Gasteiger partial charge in [0.2, 0.25) is 5.82 Å². The molecule has 0 atom stereocenters. The van der Waals surface area contributed by atoms with Gasteiger partial charge in [0, 0.05) is 35.9 Å². The standard InChI is InChI=1S/C37H35ClFN7O3/c38-31-20-24(10-15-32(31)39)30-14-9-26(37(48)40-17-4-18-47)19-27(30)22-49-29-12-7-23(8-13-29)36-41-33-21-25(35-42-44-45-43-35)11-16-34(33)46(36)28-5-2-1-3-6-28/h7-16,19-21,28,47H,1-6,17-18,22H2,(H,40,48)(H,42,43,44,45). The summed E-state index contributed by atoms with van der Waals surface area (Å²) < 4.78 is 22.6. The Kier molecular flexibility index (Phi) is 9.63. The minimum Gasteiger partial charge on any atom is -0.489 e. The van der Waals surface area contributed by atoms with Crippen LogP contribution in [0, 0.1) is 5.82 Å². The molecule has 6 aromatic rings. The number of hydrogen-bond acceptors (Lipinski definition) is 7. The molecule has 3 N–H and O–H groups in total. The van der Waals surface area contributed by atoms with Crippen LogP contribution in [-0.4, -0.2) is 54.3 Å². The number of carbonyl (C=O) groups excluding carboxylic acids is 1. The number of carbonyl (C=O) groups is 1. The third-order valence-electron chi connectivity index (χ3n) is 8.96. The highest BCUT2D eigenvalue weighted by atomic mass is 35.5. The summed E-state index contributed by atoms with van der Waals surface area (Å²) in [7, 11) is 0. The third-order valence-corrected chi connectivity index (χ3v) is 9.25. The fraction of sp³-hybridized carbons (Fsp3) is 0.270. The van der Waals surface area contributed by atoms with Crippen LogP contribution in [0.15, 0.2) is 78.9 Å². The maximum Gasteiger partial charge on any atom is 0.251 e. The molecule has 7 rings (SSSR count). The van der Waals surface area contributed by atoms with Gasteiger partial charge in [0.25, 0.3) is 5.91 Å². The molecule has 1 aliphatic carbocycles. The second kappa shape index (κ2) is 14.6. The number of aliphatic hydroxyl groups is 1. The molecule has 2 aromatic heterocycles. The molecule has 1 fully saturated rings. The average molecular weight is 680 g/mol. The van der Waals surface area contributed by atoms with Gasteiger partial charge in [0.1, 0.15) is 24.0 Å². The van der Waals surface area contributed by atoms with Crippen LogP contribution in [0.1, 0.15) is 60.5 Å². The molecule has 10 nitrogen and oxygen atoms in total. The smallest absolute Gasteiger partial charge is 0.251 e. The van der Waals surface area contributed by atoms with E-state index in [2.05, 4.69) is 36.6 Å². The molecule has 49 heavy (non-hydrogen) atoms. The fourth-order valence-electron chi connectivity index (χ4n) is 6.48. The lowest BCUT2D eigenvalue weighted by Crippen LogP contribution is -2.25. The van der Waals surface area contributed by atoms with Crippen molar-refractivity contribution in [1.29, 1.82) is 0 Å². The zero-order chi connectivity index (χ0) is 33.7. The number of hydrogen-bond donors (Lipinski definition) is 3. The quantitative estimate of drug-likeness (QED) is 0.121. The number of halogens is 2. The van der Waals surface area contributed by atoms with Crippen molar-refractivity contribution in [2.24, 2.45) is 0 Å². The van der Waals surface area contributed by atoms with E-state index in [1.54, 1.807) is 24.3 Å². The Balaban J connectivity index is 1.17. The van der Waals surface area contributed by atoms with Crippen molar-refractivity contribution in [2.75, 3.05) is 13.2 Å². The average Bonchev–Trinajstić information content (AvgIpc) is 3.81. The van der Waals surface area contributed by atoms with Crippen LogP contribution >= 0.6 is 11.6 Å². The number of aromatic amines is 1. The van der Waals surface area contributed by atoms with Gasteiger partial charge in [-0.2, -0.15) is 5.21 Å². The number of benzene rings is 4. The zero-order valence-corrected chi connectivity index (χ0v) is 27.5. The first-order chi connectivity index (χ1) is 24.0. The highest BCUT2D eigenvalue weighted by Gasteiger charge is 2.23. The van der Waals surface area contributed by atoms with Gasteiger partial charge in [-0.15, -0.1) is 10.2 Å². The molecule has 0 unspecified atom stereocenters. The number of aromatic nitrogens is 6. The lowest BCUT2D eigenvalue weighted by molar-refractivity contribution is 0.0951. The van der Waals surface area contributed by atoms with Crippen LogP contribution in [0.25, 0.3) is 44.9 Å². The predicted molar refractivity (Wildman–Crippen MR) is 186 cm³/mol. The number of aliphatic hydroxyl groups excluding tert-OH is 1. The summed E-state index contributed by atoms with van der Waals surface area (Å²) >= 11 is 6.12. The van der Waals surface area contributed by atoms with Crippen molar-refractivity contribution in [3.8, 4) is 39.7 Å². The van der Waals surface area contributed by atoms with Crippen LogP contribution in [0.2, 0.25) is 5.02 Å². The number of imidazole rings is 1. The molecular weight excluding hydrogens is 645 g/mol. The molecule has 1 amide bonds. The summed E-state index contributed by atoms with van der Waals surface area (Å²) in [4.78, 5) is 17.9. The van der Waals surface area contributed by atoms with Crippen molar-refractivity contribution in [3.05, 3.63) is 101 Å². The van der Waals surface area contributed by atoms with Crippen molar-refractivity contribution in [3.63, 3.8) is 0 Å². The van der Waals surface area contributed by atoms with E-state index >= 15 is 0 Å². The summed E-state index contributed by atoms with van der Waals surface area (Å²) in [6, 6.07) is 24.2. The number of nitrogens with zero attached hydrogens (tertiary/aromatic N) is 5. The molecule has 1 aliphatic rings. The molecule has 2 heterocycles. The molecule has 0 aliphatic heterocycles. The van der Waals surface area contributed by atoms with E-state index in [1.165, 1.54) is 25.3 Å². The highest BCUT2D eigenvalue weighted by molar-refractivity contribution is 6.31. The fourth-order valence-corrected chi connectivity index (χ4v) is 6.66. The lowest BCUT2D eigenvalue weighted by atomic mass is 9.95. The Morgan fingerprint density at radius 1 is 0.980 bits per heavy atom. The number of ether oxygens (including phenoxy) is 1. The Bertz CT molecular complexity index is 2080. The van der Waals surface area contributed by atoms with Gasteiger partial charge in [-0.1, -0.05) is 43.0 Å². The summed E-state index contributed by atoms with van der Waals surface area (Å²) in [6.45, 7) is 0.502. The topological polar surface area (TPSA) is 131 Å². The van der Waals surface area contributed by atoms with Gasteiger partial charge < -0.3 is 19.7 Å². The third kappa shape index (κ3) is 7.04. The Hall–Kier alpha value is -5.13. The SMILES string of the molecule is O=C(NCCCO)c1ccc(-c2ccc(F)c(Cl)c2)c(COc2ccc(-c3nc4cc(-c5nn[nH]n5)ccc4n3C3CCCCC3)cc2)c1. The van der Waals surface area contributed by atoms with E-state index in [4.69, 9.17) is 26.4 Å². The molecule has 0 spiro atoms. The number of rotatable bonds is 11. The van der Waals surface area contributed by atoms with Crippen LogP contribution < -0.4 is 10.1 Å². The zero-order valence-electron chi connectivity index (χ0n) is 26.7. The van der Waals surface area contributed by atoms with Crippen molar-refractivity contribution < 1.29 is 19.0 Å².